The van der Waals surface area contributed by atoms with E-state index in [1.807, 2.05) is 6.92 Å². The number of hydrogen-bond donors (Lipinski definition) is 3. The van der Waals surface area contributed by atoms with Crippen molar-refractivity contribution in [3.8, 4) is 5.75 Å². The lowest BCUT2D eigenvalue weighted by atomic mass is 9.86. The fourth-order valence-corrected chi connectivity index (χ4v) is 3.79. The van der Waals surface area contributed by atoms with E-state index in [-0.39, 0.29) is 5.91 Å². The number of carbonyl (C=O) groups is 1. The Hall–Kier alpha value is -2.61. The fraction of sp³-hybridized carbons (Fsp3) is 0.476. The van der Waals surface area contributed by atoms with Crippen LogP contribution < -0.4 is 26.5 Å². The minimum absolute atomic E-state index is 0.324. The minimum Gasteiger partial charge on any atom is -0.481 e. The van der Waals surface area contributed by atoms with Gasteiger partial charge in [-0.1, -0.05) is 19.8 Å². The van der Waals surface area contributed by atoms with Gasteiger partial charge in [0.25, 0.3) is 5.91 Å². The van der Waals surface area contributed by atoms with Crippen molar-refractivity contribution >= 4 is 34.2 Å². The van der Waals surface area contributed by atoms with Crippen molar-refractivity contribution in [1.82, 2.24) is 16.2 Å². The van der Waals surface area contributed by atoms with Crippen LogP contribution in [0, 0.1) is 12.8 Å². The number of rotatable bonds is 4. The second-order valence-electron chi connectivity index (χ2n) is 7.62. The number of hydrogen-bond acceptors (Lipinski definition) is 5. The molecule has 3 rings (SSSR count). The van der Waals surface area contributed by atoms with Crippen LogP contribution in [0.1, 0.15) is 45.1 Å². The lowest BCUT2D eigenvalue weighted by Crippen LogP contribution is -2.53. The average molecular weight is 418 g/mol. The lowest BCUT2D eigenvalue weighted by molar-refractivity contribution is -0.127. The number of carbonyl (C=O) groups excluding carboxylic acids is 1. The molecule has 3 N–H and O–H groups in total. The zero-order chi connectivity index (χ0) is 21.0. The Morgan fingerprint density at radius 1 is 1.24 bits per heavy atom. The first-order chi connectivity index (χ1) is 13.8. The summed E-state index contributed by atoms with van der Waals surface area (Å²) in [6.45, 7) is 5.68. The van der Waals surface area contributed by atoms with E-state index in [4.69, 9.17) is 21.4 Å². The Bertz CT molecular complexity index is 959. The Labute approximate surface area is 175 Å². The Morgan fingerprint density at radius 3 is 2.76 bits per heavy atom. The Morgan fingerprint density at radius 2 is 2.00 bits per heavy atom. The maximum absolute atomic E-state index is 12.3. The third-order valence-corrected chi connectivity index (χ3v) is 5.55. The summed E-state index contributed by atoms with van der Waals surface area (Å²) >= 11 is 5.28. The van der Waals surface area contributed by atoms with Crippen LogP contribution in [0.3, 0.4) is 0 Å². The number of thiocarbonyl (C=S) groups is 1. The van der Waals surface area contributed by atoms with E-state index in [1.54, 1.807) is 25.1 Å². The fourth-order valence-electron chi connectivity index (χ4n) is 3.59. The summed E-state index contributed by atoms with van der Waals surface area (Å²) in [5, 5.41) is 4.48. The number of fused-ring (bicyclic) bond motifs is 1. The van der Waals surface area contributed by atoms with Crippen molar-refractivity contribution < 1.29 is 13.9 Å². The van der Waals surface area contributed by atoms with Crippen LogP contribution in [0.15, 0.2) is 33.5 Å². The highest BCUT2D eigenvalue weighted by Crippen LogP contribution is 2.24. The molecule has 3 atom stereocenters. The van der Waals surface area contributed by atoms with Crippen molar-refractivity contribution in [3.05, 3.63) is 40.2 Å². The molecular formula is C21H27N3O4S. The quantitative estimate of drug-likeness (QED) is 0.400. The summed E-state index contributed by atoms with van der Waals surface area (Å²) < 4.78 is 10.9. The highest BCUT2D eigenvalue weighted by molar-refractivity contribution is 7.80. The van der Waals surface area contributed by atoms with Crippen molar-refractivity contribution in [3.63, 3.8) is 0 Å². The number of ether oxygens (including phenoxy) is 1. The normalized spacial score (nSPS) is 20.0. The molecule has 0 saturated heterocycles. The first-order valence-corrected chi connectivity index (χ1v) is 10.3. The molecule has 0 aliphatic heterocycles. The van der Waals surface area contributed by atoms with Gasteiger partial charge in [0, 0.05) is 23.6 Å². The number of amides is 1. The van der Waals surface area contributed by atoms with Gasteiger partial charge in [-0.15, -0.1) is 0 Å². The van der Waals surface area contributed by atoms with E-state index in [0.717, 1.165) is 17.4 Å². The molecule has 1 aliphatic rings. The summed E-state index contributed by atoms with van der Waals surface area (Å²) in [5.74, 6) is 0.625. The average Bonchev–Trinajstić information content (AvgIpc) is 2.67. The van der Waals surface area contributed by atoms with Crippen LogP contribution in [0.5, 0.6) is 5.75 Å². The van der Waals surface area contributed by atoms with Crippen molar-refractivity contribution in [2.24, 2.45) is 5.92 Å². The summed E-state index contributed by atoms with van der Waals surface area (Å²) in [6, 6.07) is 6.91. The largest absolute Gasteiger partial charge is 0.481 e. The van der Waals surface area contributed by atoms with Crippen LogP contribution >= 0.6 is 12.2 Å². The van der Waals surface area contributed by atoms with Gasteiger partial charge in [-0.05, 0) is 62.5 Å². The van der Waals surface area contributed by atoms with E-state index < -0.39 is 11.7 Å². The molecule has 29 heavy (non-hydrogen) atoms. The molecule has 1 aromatic heterocycles. The zero-order valence-corrected chi connectivity index (χ0v) is 17.7. The molecule has 0 radical (unpaired) electrons. The summed E-state index contributed by atoms with van der Waals surface area (Å²) in [4.78, 5) is 23.9. The highest BCUT2D eigenvalue weighted by atomic mass is 32.1. The van der Waals surface area contributed by atoms with E-state index in [9.17, 15) is 9.59 Å². The molecule has 1 heterocycles. The maximum atomic E-state index is 12.3. The van der Waals surface area contributed by atoms with E-state index in [1.165, 1.54) is 25.3 Å². The van der Waals surface area contributed by atoms with Crippen LogP contribution in [-0.2, 0) is 4.79 Å². The number of hydrazine groups is 1. The summed E-state index contributed by atoms with van der Waals surface area (Å²) in [6.07, 6.45) is 3.93. The molecular weight excluding hydrogens is 390 g/mol. The third-order valence-electron chi connectivity index (χ3n) is 5.33. The minimum atomic E-state index is -0.770. The Kier molecular flexibility index (Phi) is 6.74. The van der Waals surface area contributed by atoms with Crippen molar-refractivity contribution in [1.29, 1.82) is 0 Å². The van der Waals surface area contributed by atoms with Gasteiger partial charge >= 0.3 is 5.63 Å². The standard InChI is InChI=1S/C21H27N3O4S/c1-12-6-4-5-7-17(12)22-21(29)24-23-20(26)14(3)27-15-8-9-16-13(2)10-19(25)28-18(16)11-15/h8-12,14,17H,4-7H2,1-3H3,(H,23,26)(H2,22,24,29)/t12-,14+,17-/m0/s1. The third kappa shape index (κ3) is 5.47. The summed E-state index contributed by atoms with van der Waals surface area (Å²) in [5.41, 5.74) is 6.14. The van der Waals surface area contributed by atoms with E-state index >= 15 is 0 Å². The first kappa shape index (κ1) is 21.1. The molecule has 156 valence electrons. The van der Waals surface area contributed by atoms with Crippen LogP contribution in [0.2, 0.25) is 0 Å². The molecule has 0 unspecified atom stereocenters. The molecule has 7 nitrogen and oxygen atoms in total. The molecule has 1 saturated carbocycles. The summed E-state index contributed by atoms with van der Waals surface area (Å²) in [7, 11) is 0. The zero-order valence-electron chi connectivity index (χ0n) is 16.9. The van der Waals surface area contributed by atoms with Gasteiger partial charge in [0.2, 0.25) is 0 Å². The second kappa shape index (κ2) is 9.26. The smallest absolute Gasteiger partial charge is 0.336 e. The molecule has 1 aromatic carbocycles. The molecule has 8 heteroatoms. The van der Waals surface area contributed by atoms with Gasteiger partial charge < -0.3 is 14.5 Å². The van der Waals surface area contributed by atoms with Crippen molar-refractivity contribution in [2.75, 3.05) is 0 Å². The molecule has 0 bridgehead atoms. The van der Waals surface area contributed by atoms with Crippen LogP contribution in [0.4, 0.5) is 0 Å². The Balaban J connectivity index is 1.53. The molecule has 1 amide bonds. The lowest BCUT2D eigenvalue weighted by Gasteiger charge is -2.30. The topological polar surface area (TPSA) is 92.6 Å². The van der Waals surface area contributed by atoms with Crippen LogP contribution in [0.25, 0.3) is 11.0 Å². The first-order valence-electron chi connectivity index (χ1n) is 9.91. The number of aryl methyl sites for hydroxylation is 1. The van der Waals surface area contributed by atoms with Gasteiger partial charge in [-0.25, -0.2) is 4.79 Å². The molecule has 0 spiro atoms. The van der Waals surface area contributed by atoms with Gasteiger partial charge in [0.05, 0.1) is 0 Å². The van der Waals surface area contributed by atoms with E-state index in [0.29, 0.717) is 28.4 Å². The number of nitrogens with one attached hydrogen (secondary N) is 3. The maximum Gasteiger partial charge on any atom is 0.336 e. The number of benzene rings is 1. The highest BCUT2D eigenvalue weighted by Gasteiger charge is 2.22. The van der Waals surface area contributed by atoms with Gasteiger partial charge in [0.1, 0.15) is 11.3 Å². The van der Waals surface area contributed by atoms with Gasteiger partial charge in [0.15, 0.2) is 11.2 Å². The SMILES string of the molecule is Cc1cc(=O)oc2cc(O[C@H](C)C(=O)NNC(=S)N[C@H]3CCCC[C@@H]3C)ccc12. The molecule has 1 fully saturated rings. The monoisotopic (exact) mass is 417 g/mol. The molecule has 1 aliphatic carbocycles. The second-order valence-corrected chi connectivity index (χ2v) is 8.03. The molecule has 2 aromatic rings. The van der Waals surface area contributed by atoms with Crippen molar-refractivity contribution in [2.45, 2.75) is 58.6 Å². The predicted octanol–water partition coefficient (Wildman–Crippen LogP) is 2.94. The van der Waals surface area contributed by atoms with E-state index in [2.05, 4.69) is 23.1 Å². The van der Waals surface area contributed by atoms with Gasteiger partial charge in [-0.2, -0.15) is 0 Å². The predicted molar refractivity (Wildman–Crippen MR) is 116 cm³/mol. The van der Waals surface area contributed by atoms with Gasteiger partial charge in [-0.3, -0.25) is 15.6 Å². The van der Waals surface area contributed by atoms with Crippen LogP contribution in [-0.4, -0.2) is 23.2 Å².